The smallest absolute Gasteiger partial charge is 0.0624 e. The van der Waals surface area contributed by atoms with Crippen LogP contribution in [0.5, 0.6) is 0 Å². The summed E-state index contributed by atoms with van der Waals surface area (Å²) in [5.41, 5.74) is 7.01. The van der Waals surface area contributed by atoms with Gasteiger partial charge in [-0.3, -0.25) is 0 Å². The molecule has 0 radical (unpaired) electrons. The third-order valence-corrected chi connectivity index (χ3v) is 3.40. The van der Waals surface area contributed by atoms with Crippen molar-refractivity contribution in [3.63, 3.8) is 0 Å². The zero-order valence-electron chi connectivity index (χ0n) is 10.0. The van der Waals surface area contributed by atoms with Crippen LogP contribution >= 0.6 is 0 Å². The van der Waals surface area contributed by atoms with Crippen LogP contribution in [-0.2, 0) is 0 Å². The molecule has 3 aromatic carbocycles. The molecule has 0 unspecified atom stereocenters. The first-order chi connectivity index (χ1) is 8.81. The molecule has 2 nitrogen and oxygen atoms in total. The maximum atomic E-state index is 9.29. The number of aliphatic hydroxyl groups excluding tert-OH is 1. The Morgan fingerprint density at radius 2 is 1.50 bits per heavy atom. The van der Waals surface area contributed by atoms with E-state index in [2.05, 4.69) is 30.3 Å². The van der Waals surface area contributed by atoms with E-state index in [1.54, 1.807) is 0 Å². The Morgan fingerprint density at radius 1 is 0.889 bits per heavy atom. The Bertz CT molecular complexity index is 706. The minimum Gasteiger partial charge on any atom is -0.394 e. The number of hydrogen-bond donors (Lipinski definition) is 2. The van der Waals surface area contributed by atoms with Crippen LogP contribution in [0.15, 0.2) is 54.6 Å². The van der Waals surface area contributed by atoms with E-state index in [0.29, 0.717) is 0 Å². The lowest BCUT2D eigenvalue weighted by Gasteiger charge is -2.14. The molecule has 3 aromatic rings. The van der Waals surface area contributed by atoms with Gasteiger partial charge in [-0.15, -0.1) is 0 Å². The fourth-order valence-corrected chi connectivity index (χ4v) is 2.49. The van der Waals surface area contributed by atoms with Crippen LogP contribution in [0.4, 0.5) is 0 Å². The highest BCUT2D eigenvalue weighted by atomic mass is 16.3. The topological polar surface area (TPSA) is 46.2 Å². The lowest BCUT2D eigenvalue weighted by atomic mass is 9.94. The number of rotatable bonds is 2. The maximum absolute atomic E-state index is 9.29. The number of nitrogens with two attached hydrogens (primary N) is 1. The molecule has 0 aliphatic carbocycles. The Hall–Kier alpha value is -1.90. The van der Waals surface area contributed by atoms with Crippen LogP contribution in [0, 0.1) is 0 Å². The number of fused-ring (bicyclic) bond motifs is 3. The molecule has 3 rings (SSSR count). The van der Waals surface area contributed by atoms with E-state index in [1.807, 2.05) is 24.3 Å². The number of hydrogen-bond acceptors (Lipinski definition) is 2. The first-order valence-corrected chi connectivity index (χ1v) is 6.08. The van der Waals surface area contributed by atoms with Crippen LogP contribution in [-0.4, -0.2) is 11.7 Å². The largest absolute Gasteiger partial charge is 0.394 e. The highest BCUT2D eigenvalue weighted by molar-refractivity contribution is 6.09. The van der Waals surface area contributed by atoms with Gasteiger partial charge in [0.1, 0.15) is 0 Å². The van der Waals surface area contributed by atoms with Crippen molar-refractivity contribution in [2.75, 3.05) is 6.61 Å². The van der Waals surface area contributed by atoms with Gasteiger partial charge in [-0.25, -0.2) is 0 Å². The summed E-state index contributed by atoms with van der Waals surface area (Å²) >= 11 is 0. The van der Waals surface area contributed by atoms with Crippen molar-refractivity contribution in [1.82, 2.24) is 0 Å². The van der Waals surface area contributed by atoms with Gasteiger partial charge in [-0.05, 0) is 33.2 Å². The fraction of sp³-hybridized carbons (Fsp3) is 0.125. The summed E-state index contributed by atoms with van der Waals surface area (Å²) in [7, 11) is 0. The van der Waals surface area contributed by atoms with E-state index in [-0.39, 0.29) is 12.6 Å². The van der Waals surface area contributed by atoms with Gasteiger partial charge in [0.25, 0.3) is 0 Å². The number of benzene rings is 3. The Kier molecular flexibility index (Phi) is 2.74. The van der Waals surface area contributed by atoms with E-state index in [0.717, 1.165) is 16.3 Å². The van der Waals surface area contributed by atoms with Crippen LogP contribution < -0.4 is 5.73 Å². The summed E-state index contributed by atoms with van der Waals surface area (Å²) in [6.07, 6.45) is 0. The molecule has 0 aromatic heterocycles. The SMILES string of the molecule is N[C@H](CO)c1cc2ccccc2c2ccccc12. The van der Waals surface area contributed by atoms with Gasteiger partial charge in [-0.1, -0.05) is 48.5 Å². The monoisotopic (exact) mass is 237 g/mol. The standard InChI is InChI=1S/C16H15NO/c17-16(10-18)15-9-11-5-1-2-6-12(11)13-7-3-4-8-14(13)15/h1-9,16,18H,10,17H2/t16-/m1/s1. The molecular weight excluding hydrogens is 222 g/mol. The fourth-order valence-electron chi connectivity index (χ4n) is 2.49. The van der Waals surface area contributed by atoms with Crippen LogP contribution in [0.3, 0.4) is 0 Å². The second kappa shape index (κ2) is 4.41. The lowest BCUT2D eigenvalue weighted by molar-refractivity contribution is 0.268. The van der Waals surface area contributed by atoms with Crippen molar-refractivity contribution in [3.8, 4) is 0 Å². The van der Waals surface area contributed by atoms with E-state index in [9.17, 15) is 5.11 Å². The molecular formula is C16H15NO. The zero-order valence-corrected chi connectivity index (χ0v) is 10.0. The maximum Gasteiger partial charge on any atom is 0.0624 e. The van der Waals surface area contributed by atoms with Gasteiger partial charge in [0.15, 0.2) is 0 Å². The predicted octanol–water partition coefficient (Wildman–Crippen LogP) is 2.99. The van der Waals surface area contributed by atoms with E-state index < -0.39 is 0 Å². The van der Waals surface area contributed by atoms with Gasteiger partial charge >= 0.3 is 0 Å². The first-order valence-electron chi connectivity index (χ1n) is 6.08. The van der Waals surface area contributed by atoms with Crippen molar-refractivity contribution in [2.24, 2.45) is 5.73 Å². The van der Waals surface area contributed by atoms with Gasteiger partial charge in [-0.2, -0.15) is 0 Å². The second-order valence-electron chi connectivity index (χ2n) is 4.52. The molecule has 0 amide bonds. The highest BCUT2D eigenvalue weighted by Gasteiger charge is 2.11. The normalized spacial score (nSPS) is 13.0. The van der Waals surface area contributed by atoms with Crippen LogP contribution in [0.25, 0.3) is 21.5 Å². The first kappa shape index (κ1) is 11.2. The van der Waals surface area contributed by atoms with Crippen molar-refractivity contribution < 1.29 is 5.11 Å². The van der Waals surface area contributed by atoms with E-state index in [1.165, 1.54) is 10.8 Å². The van der Waals surface area contributed by atoms with Gasteiger partial charge in [0.05, 0.1) is 12.6 Å². The minimum absolute atomic E-state index is 0.0394. The average molecular weight is 237 g/mol. The van der Waals surface area contributed by atoms with Crippen molar-refractivity contribution in [3.05, 3.63) is 60.2 Å². The van der Waals surface area contributed by atoms with Crippen LogP contribution in [0.1, 0.15) is 11.6 Å². The molecule has 0 saturated heterocycles. The summed E-state index contributed by atoms with van der Waals surface area (Å²) in [6.45, 7) is -0.0394. The Balaban J connectivity index is 2.46. The molecule has 1 atom stereocenters. The van der Waals surface area contributed by atoms with Crippen molar-refractivity contribution in [2.45, 2.75) is 6.04 Å². The molecule has 0 aliphatic heterocycles. The van der Waals surface area contributed by atoms with E-state index >= 15 is 0 Å². The molecule has 18 heavy (non-hydrogen) atoms. The molecule has 0 saturated carbocycles. The zero-order chi connectivity index (χ0) is 12.5. The molecule has 0 aliphatic rings. The second-order valence-corrected chi connectivity index (χ2v) is 4.52. The summed E-state index contributed by atoms with van der Waals surface area (Å²) in [6, 6.07) is 18.2. The molecule has 0 spiro atoms. The lowest BCUT2D eigenvalue weighted by Crippen LogP contribution is -2.14. The minimum atomic E-state index is -0.334. The third-order valence-electron chi connectivity index (χ3n) is 3.40. The van der Waals surface area contributed by atoms with Crippen molar-refractivity contribution >= 4 is 21.5 Å². The molecule has 0 heterocycles. The van der Waals surface area contributed by atoms with Gasteiger partial charge in [0, 0.05) is 0 Å². The molecule has 0 bridgehead atoms. The summed E-state index contributed by atoms with van der Waals surface area (Å²) in [5, 5.41) is 14.0. The summed E-state index contributed by atoms with van der Waals surface area (Å²) < 4.78 is 0. The third kappa shape index (κ3) is 1.67. The molecule has 90 valence electrons. The summed E-state index contributed by atoms with van der Waals surface area (Å²) in [4.78, 5) is 0. The van der Waals surface area contributed by atoms with Crippen molar-refractivity contribution in [1.29, 1.82) is 0 Å². The quantitative estimate of drug-likeness (QED) is 0.673. The van der Waals surface area contributed by atoms with Gasteiger partial charge in [0.2, 0.25) is 0 Å². The predicted molar refractivity (Wildman–Crippen MR) is 75.5 cm³/mol. The van der Waals surface area contributed by atoms with Gasteiger partial charge < -0.3 is 10.8 Å². The number of aliphatic hydroxyl groups is 1. The van der Waals surface area contributed by atoms with Crippen LogP contribution in [0.2, 0.25) is 0 Å². The highest BCUT2D eigenvalue weighted by Crippen LogP contribution is 2.30. The molecule has 3 N–H and O–H groups in total. The molecule has 2 heteroatoms. The Labute approximate surface area is 106 Å². The molecule has 0 fully saturated rings. The van der Waals surface area contributed by atoms with E-state index in [4.69, 9.17) is 5.73 Å². The average Bonchev–Trinajstić information content (AvgIpc) is 2.45. The summed E-state index contributed by atoms with van der Waals surface area (Å²) in [5.74, 6) is 0. The Morgan fingerprint density at radius 3 is 2.22 bits per heavy atom.